The van der Waals surface area contributed by atoms with Crippen molar-refractivity contribution < 1.29 is 13.2 Å². The second-order valence-corrected chi connectivity index (χ2v) is 7.24. The number of carbonyl (C=O) groups excluding carboxylic acids is 1. The number of hydrogen-bond donors (Lipinski definition) is 1. The van der Waals surface area contributed by atoms with Crippen molar-refractivity contribution in [3.63, 3.8) is 0 Å². The van der Waals surface area contributed by atoms with E-state index < -0.39 is 20.8 Å². The molecule has 0 bridgehead atoms. The highest BCUT2D eigenvalue weighted by Crippen LogP contribution is 2.02. The molecule has 0 aliphatic heterocycles. The fourth-order valence-corrected chi connectivity index (χ4v) is 2.63. The summed E-state index contributed by atoms with van der Waals surface area (Å²) < 4.78 is 23.8. The third-order valence-corrected chi connectivity index (χ3v) is 4.87. The van der Waals surface area contributed by atoms with Gasteiger partial charge in [-0.05, 0) is 19.9 Å². The van der Waals surface area contributed by atoms with Crippen molar-refractivity contribution in [2.24, 2.45) is 0 Å². The van der Waals surface area contributed by atoms with Crippen molar-refractivity contribution in [2.45, 2.75) is 38.4 Å². The number of rotatable bonds is 9. The standard InChI is InChI=1S/C12H26N2O3S/c1-5-6-7-8-13-9-11(2)18(16,17)10-12(15)14(3)4/h11,13H,5-10H2,1-4H3. The summed E-state index contributed by atoms with van der Waals surface area (Å²) in [6, 6.07) is 0. The Balaban J connectivity index is 4.07. The van der Waals surface area contributed by atoms with Crippen molar-refractivity contribution in [1.29, 1.82) is 0 Å². The van der Waals surface area contributed by atoms with Gasteiger partial charge in [0.1, 0.15) is 5.75 Å². The molecule has 0 rings (SSSR count). The summed E-state index contributed by atoms with van der Waals surface area (Å²) in [5.74, 6) is -0.773. The van der Waals surface area contributed by atoms with E-state index in [9.17, 15) is 13.2 Å². The third-order valence-electron chi connectivity index (χ3n) is 2.83. The molecule has 0 aromatic rings. The first-order chi connectivity index (χ1) is 8.31. The molecule has 108 valence electrons. The first-order valence-corrected chi connectivity index (χ1v) is 8.15. The zero-order chi connectivity index (χ0) is 14.2. The van der Waals surface area contributed by atoms with Crippen LogP contribution in [0.1, 0.15) is 33.1 Å². The van der Waals surface area contributed by atoms with Crippen LogP contribution in [0.5, 0.6) is 0 Å². The molecule has 0 spiro atoms. The molecule has 0 aliphatic carbocycles. The molecule has 0 aromatic heterocycles. The molecule has 1 N–H and O–H groups in total. The van der Waals surface area contributed by atoms with Gasteiger partial charge in [0.25, 0.3) is 0 Å². The summed E-state index contributed by atoms with van der Waals surface area (Å²) >= 11 is 0. The van der Waals surface area contributed by atoms with Crippen LogP contribution < -0.4 is 5.32 Å². The van der Waals surface area contributed by atoms with Gasteiger partial charge in [-0.25, -0.2) is 8.42 Å². The largest absolute Gasteiger partial charge is 0.348 e. The average molecular weight is 278 g/mol. The van der Waals surface area contributed by atoms with Crippen LogP contribution in [0, 0.1) is 0 Å². The molecule has 1 atom stereocenters. The molecule has 0 aromatic carbocycles. The lowest BCUT2D eigenvalue weighted by atomic mass is 10.2. The van der Waals surface area contributed by atoms with Crippen LogP contribution in [-0.2, 0) is 14.6 Å². The molecule has 0 saturated heterocycles. The van der Waals surface area contributed by atoms with Gasteiger partial charge in [-0.15, -0.1) is 0 Å². The van der Waals surface area contributed by atoms with Gasteiger partial charge in [-0.2, -0.15) is 0 Å². The van der Waals surface area contributed by atoms with E-state index in [0.717, 1.165) is 25.8 Å². The number of nitrogens with zero attached hydrogens (tertiary/aromatic N) is 1. The first kappa shape index (κ1) is 17.4. The molecule has 5 nitrogen and oxygen atoms in total. The molecule has 1 unspecified atom stereocenters. The zero-order valence-electron chi connectivity index (χ0n) is 11.9. The Kier molecular flexibility index (Phi) is 8.18. The van der Waals surface area contributed by atoms with Gasteiger partial charge in [-0.1, -0.05) is 19.8 Å². The topological polar surface area (TPSA) is 66.5 Å². The van der Waals surface area contributed by atoms with E-state index in [1.54, 1.807) is 21.0 Å². The zero-order valence-corrected chi connectivity index (χ0v) is 12.7. The maximum absolute atomic E-state index is 11.9. The Morgan fingerprint density at radius 3 is 2.39 bits per heavy atom. The van der Waals surface area contributed by atoms with E-state index in [-0.39, 0.29) is 5.91 Å². The summed E-state index contributed by atoms with van der Waals surface area (Å²) in [4.78, 5) is 12.7. The highest BCUT2D eigenvalue weighted by molar-refractivity contribution is 7.92. The van der Waals surface area contributed by atoms with Crippen LogP contribution in [-0.4, -0.2) is 57.4 Å². The minimum absolute atomic E-state index is 0.368. The molecule has 6 heteroatoms. The lowest BCUT2D eigenvalue weighted by molar-refractivity contribution is -0.125. The summed E-state index contributed by atoms with van der Waals surface area (Å²) in [7, 11) is -0.229. The lowest BCUT2D eigenvalue weighted by Gasteiger charge is -2.15. The minimum Gasteiger partial charge on any atom is -0.348 e. The Labute approximate surface area is 111 Å². The number of unbranched alkanes of at least 4 members (excludes halogenated alkanes) is 2. The van der Waals surface area contributed by atoms with Crippen LogP contribution in [0.3, 0.4) is 0 Å². The van der Waals surface area contributed by atoms with Crippen LogP contribution >= 0.6 is 0 Å². The van der Waals surface area contributed by atoms with E-state index >= 15 is 0 Å². The van der Waals surface area contributed by atoms with Gasteiger partial charge in [0.15, 0.2) is 9.84 Å². The van der Waals surface area contributed by atoms with Crippen molar-refractivity contribution in [2.75, 3.05) is 32.9 Å². The number of carbonyl (C=O) groups is 1. The van der Waals surface area contributed by atoms with E-state index in [0.29, 0.717) is 6.54 Å². The molecule has 1 amide bonds. The molecular formula is C12H26N2O3S. The Bertz CT molecular complexity index is 339. The van der Waals surface area contributed by atoms with E-state index in [4.69, 9.17) is 0 Å². The summed E-state index contributed by atoms with van der Waals surface area (Å²) in [6.45, 7) is 5.01. The van der Waals surface area contributed by atoms with Gasteiger partial charge in [0.2, 0.25) is 5.91 Å². The first-order valence-electron chi connectivity index (χ1n) is 6.43. The Hall–Kier alpha value is -0.620. The molecule has 0 radical (unpaired) electrons. The molecule has 0 aliphatic rings. The molecule has 0 heterocycles. The number of hydrogen-bond acceptors (Lipinski definition) is 4. The smallest absolute Gasteiger partial charge is 0.237 e. The van der Waals surface area contributed by atoms with Gasteiger partial charge in [-0.3, -0.25) is 4.79 Å². The van der Waals surface area contributed by atoms with Gasteiger partial charge in [0.05, 0.1) is 5.25 Å². The SMILES string of the molecule is CCCCCNCC(C)S(=O)(=O)CC(=O)N(C)C. The molecule has 0 fully saturated rings. The molecular weight excluding hydrogens is 252 g/mol. The van der Waals surface area contributed by atoms with Gasteiger partial charge >= 0.3 is 0 Å². The van der Waals surface area contributed by atoms with E-state index in [2.05, 4.69) is 12.2 Å². The van der Waals surface area contributed by atoms with Crippen molar-refractivity contribution in [1.82, 2.24) is 10.2 Å². The summed E-state index contributed by atoms with van der Waals surface area (Å²) in [5, 5.41) is 2.60. The van der Waals surface area contributed by atoms with Crippen molar-refractivity contribution >= 4 is 15.7 Å². The van der Waals surface area contributed by atoms with Crippen LogP contribution in [0.2, 0.25) is 0 Å². The van der Waals surface area contributed by atoms with Gasteiger partial charge in [0, 0.05) is 20.6 Å². The molecule has 18 heavy (non-hydrogen) atoms. The monoisotopic (exact) mass is 278 g/mol. The predicted molar refractivity (Wildman–Crippen MR) is 74.3 cm³/mol. The van der Waals surface area contributed by atoms with Crippen LogP contribution in [0.4, 0.5) is 0 Å². The van der Waals surface area contributed by atoms with Crippen molar-refractivity contribution in [3.8, 4) is 0 Å². The maximum atomic E-state index is 11.9. The number of nitrogens with one attached hydrogen (secondary N) is 1. The Morgan fingerprint density at radius 1 is 1.28 bits per heavy atom. The average Bonchev–Trinajstić information content (AvgIpc) is 2.27. The second kappa shape index (κ2) is 8.48. The summed E-state index contributed by atoms with van der Waals surface area (Å²) in [5.41, 5.74) is 0. The number of amides is 1. The fraction of sp³-hybridized carbons (Fsp3) is 0.917. The maximum Gasteiger partial charge on any atom is 0.237 e. The normalized spacial score (nSPS) is 13.3. The van der Waals surface area contributed by atoms with Gasteiger partial charge < -0.3 is 10.2 Å². The predicted octanol–water partition coefficient (Wildman–Crippen LogP) is 0.658. The van der Waals surface area contributed by atoms with E-state index in [1.165, 1.54) is 4.90 Å². The third kappa shape index (κ3) is 6.96. The van der Waals surface area contributed by atoms with Crippen LogP contribution in [0.25, 0.3) is 0 Å². The second-order valence-electron chi connectivity index (χ2n) is 4.82. The van der Waals surface area contributed by atoms with Crippen LogP contribution in [0.15, 0.2) is 0 Å². The Morgan fingerprint density at radius 2 is 1.89 bits per heavy atom. The molecule has 0 saturated carbocycles. The highest BCUT2D eigenvalue weighted by Gasteiger charge is 2.24. The number of sulfone groups is 1. The summed E-state index contributed by atoms with van der Waals surface area (Å²) in [6.07, 6.45) is 3.35. The lowest BCUT2D eigenvalue weighted by Crippen LogP contribution is -2.38. The van der Waals surface area contributed by atoms with E-state index in [1.807, 2.05) is 0 Å². The quantitative estimate of drug-likeness (QED) is 0.629. The highest BCUT2D eigenvalue weighted by atomic mass is 32.2. The minimum atomic E-state index is -3.35. The fourth-order valence-electron chi connectivity index (χ4n) is 1.38. The van der Waals surface area contributed by atoms with Crippen molar-refractivity contribution in [3.05, 3.63) is 0 Å².